The largest absolute Gasteiger partial charge is 0.271 e. The summed E-state index contributed by atoms with van der Waals surface area (Å²) in [6.07, 6.45) is 0.847. The van der Waals surface area contributed by atoms with Gasteiger partial charge in [-0.25, -0.2) is 0 Å². The predicted octanol–water partition coefficient (Wildman–Crippen LogP) is 3.70. The third-order valence-electron chi connectivity index (χ3n) is 3.41. The van der Waals surface area contributed by atoms with Crippen LogP contribution in [0.1, 0.15) is 28.3 Å². The summed E-state index contributed by atoms with van der Waals surface area (Å²) < 4.78 is 0. The van der Waals surface area contributed by atoms with Crippen molar-refractivity contribution < 1.29 is 0 Å². The summed E-state index contributed by atoms with van der Waals surface area (Å²) in [5.74, 6) is 5.72. The Hall–Kier alpha value is -1.35. The third kappa shape index (κ3) is 3.35. The van der Waals surface area contributed by atoms with E-state index in [2.05, 4.69) is 42.7 Å². The van der Waals surface area contributed by atoms with E-state index in [-0.39, 0.29) is 6.04 Å². The molecule has 0 aromatic heterocycles. The lowest BCUT2D eigenvalue weighted by atomic mass is 9.95. The Bertz CT molecular complexity index is 566. The molecule has 2 nitrogen and oxygen atoms in total. The van der Waals surface area contributed by atoms with Crippen molar-refractivity contribution in [1.82, 2.24) is 5.43 Å². The van der Waals surface area contributed by atoms with Gasteiger partial charge in [-0.15, -0.1) is 0 Å². The number of halogens is 1. The summed E-state index contributed by atoms with van der Waals surface area (Å²) in [6.45, 7) is 4.12. The van der Waals surface area contributed by atoms with E-state index in [1.54, 1.807) is 0 Å². The number of hydrogen-bond donors (Lipinski definition) is 2. The summed E-state index contributed by atoms with van der Waals surface area (Å²) in [5, 5.41) is 0.780. The van der Waals surface area contributed by atoms with Crippen LogP contribution in [0.25, 0.3) is 0 Å². The molecule has 0 aliphatic carbocycles. The van der Waals surface area contributed by atoms with Crippen LogP contribution in [0.2, 0.25) is 5.02 Å². The standard InChI is InChI=1S/C16H19ClN2/c1-11-5-3-6-13(9-11)10-16(19-18)14-7-4-8-15(17)12(14)2/h3-9,16,19H,10,18H2,1-2H3. The van der Waals surface area contributed by atoms with Crippen LogP contribution in [0.3, 0.4) is 0 Å². The number of hydrogen-bond acceptors (Lipinski definition) is 2. The van der Waals surface area contributed by atoms with Crippen molar-refractivity contribution in [3.05, 3.63) is 69.7 Å². The second-order valence-electron chi connectivity index (χ2n) is 4.87. The van der Waals surface area contributed by atoms with E-state index in [0.29, 0.717) is 0 Å². The lowest BCUT2D eigenvalue weighted by molar-refractivity contribution is 0.549. The van der Waals surface area contributed by atoms with E-state index in [1.807, 2.05) is 19.1 Å². The van der Waals surface area contributed by atoms with E-state index in [4.69, 9.17) is 17.4 Å². The van der Waals surface area contributed by atoms with Crippen molar-refractivity contribution in [2.24, 2.45) is 5.84 Å². The molecule has 1 atom stereocenters. The molecule has 19 heavy (non-hydrogen) atoms. The Morgan fingerprint density at radius 3 is 2.58 bits per heavy atom. The highest BCUT2D eigenvalue weighted by atomic mass is 35.5. The lowest BCUT2D eigenvalue weighted by Gasteiger charge is -2.19. The average Bonchev–Trinajstić information content (AvgIpc) is 2.40. The molecule has 0 amide bonds. The van der Waals surface area contributed by atoms with E-state index >= 15 is 0 Å². The van der Waals surface area contributed by atoms with E-state index in [1.165, 1.54) is 11.1 Å². The molecule has 0 saturated carbocycles. The van der Waals surface area contributed by atoms with Crippen molar-refractivity contribution in [3.8, 4) is 0 Å². The van der Waals surface area contributed by atoms with Crippen LogP contribution in [-0.4, -0.2) is 0 Å². The van der Waals surface area contributed by atoms with E-state index < -0.39 is 0 Å². The Labute approximate surface area is 119 Å². The smallest absolute Gasteiger partial charge is 0.0503 e. The first-order valence-corrected chi connectivity index (χ1v) is 6.76. The van der Waals surface area contributed by atoms with Gasteiger partial charge in [0.25, 0.3) is 0 Å². The number of benzene rings is 2. The van der Waals surface area contributed by atoms with Crippen molar-refractivity contribution in [2.75, 3.05) is 0 Å². The Balaban J connectivity index is 2.28. The molecular formula is C16H19ClN2. The van der Waals surface area contributed by atoms with Gasteiger partial charge in [-0.1, -0.05) is 53.6 Å². The van der Waals surface area contributed by atoms with Crippen LogP contribution in [0.5, 0.6) is 0 Å². The highest BCUT2D eigenvalue weighted by molar-refractivity contribution is 6.31. The predicted molar refractivity (Wildman–Crippen MR) is 81.1 cm³/mol. The highest BCUT2D eigenvalue weighted by Gasteiger charge is 2.14. The molecule has 0 aliphatic rings. The van der Waals surface area contributed by atoms with Crippen LogP contribution in [0.15, 0.2) is 42.5 Å². The molecule has 0 aliphatic heterocycles. The minimum atomic E-state index is 0.0699. The van der Waals surface area contributed by atoms with Crippen molar-refractivity contribution in [2.45, 2.75) is 26.3 Å². The zero-order valence-electron chi connectivity index (χ0n) is 11.3. The fourth-order valence-electron chi connectivity index (χ4n) is 2.34. The van der Waals surface area contributed by atoms with E-state index in [0.717, 1.165) is 22.6 Å². The third-order valence-corrected chi connectivity index (χ3v) is 3.82. The molecule has 2 rings (SSSR count). The van der Waals surface area contributed by atoms with Gasteiger partial charge in [0.05, 0.1) is 6.04 Å². The second kappa shape index (κ2) is 6.20. The zero-order valence-corrected chi connectivity index (χ0v) is 12.0. The SMILES string of the molecule is Cc1cccc(CC(NN)c2cccc(Cl)c2C)c1. The maximum atomic E-state index is 6.17. The number of hydrazine groups is 1. The number of aryl methyl sites for hydroxylation is 1. The summed E-state index contributed by atoms with van der Waals surface area (Å²) in [4.78, 5) is 0. The fourth-order valence-corrected chi connectivity index (χ4v) is 2.52. The van der Waals surface area contributed by atoms with Gasteiger partial charge < -0.3 is 0 Å². The fraction of sp³-hybridized carbons (Fsp3) is 0.250. The Morgan fingerprint density at radius 2 is 1.89 bits per heavy atom. The first-order chi connectivity index (χ1) is 9.11. The molecule has 3 N–H and O–H groups in total. The molecule has 1 unspecified atom stereocenters. The molecule has 3 heteroatoms. The number of rotatable bonds is 4. The molecule has 0 bridgehead atoms. The van der Waals surface area contributed by atoms with Crippen LogP contribution in [0.4, 0.5) is 0 Å². The van der Waals surface area contributed by atoms with Gasteiger partial charge in [-0.05, 0) is 43.0 Å². The summed E-state index contributed by atoms with van der Waals surface area (Å²) in [6, 6.07) is 14.5. The normalized spacial score (nSPS) is 12.4. The van der Waals surface area contributed by atoms with Crippen LogP contribution >= 0.6 is 11.6 Å². The van der Waals surface area contributed by atoms with Crippen LogP contribution < -0.4 is 11.3 Å². The average molecular weight is 275 g/mol. The van der Waals surface area contributed by atoms with Gasteiger partial charge in [-0.2, -0.15) is 0 Å². The molecule has 0 saturated heterocycles. The van der Waals surface area contributed by atoms with Gasteiger partial charge in [-0.3, -0.25) is 11.3 Å². The zero-order chi connectivity index (χ0) is 13.8. The quantitative estimate of drug-likeness (QED) is 0.659. The molecule has 0 spiro atoms. The van der Waals surface area contributed by atoms with E-state index in [9.17, 15) is 0 Å². The molecule has 2 aromatic rings. The van der Waals surface area contributed by atoms with Crippen molar-refractivity contribution in [3.63, 3.8) is 0 Å². The lowest BCUT2D eigenvalue weighted by Crippen LogP contribution is -2.30. The summed E-state index contributed by atoms with van der Waals surface area (Å²) >= 11 is 6.17. The molecule has 100 valence electrons. The van der Waals surface area contributed by atoms with Gasteiger partial charge in [0, 0.05) is 5.02 Å². The molecular weight excluding hydrogens is 256 g/mol. The van der Waals surface area contributed by atoms with Crippen LogP contribution in [0, 0.1) is 13.8 Å². The number of nitrogens with one attached hydrogen (secondary N) is 1. The topological polar surface area (TPSA) is 38.0 Å². The van der Waals surface area contributed by atoms with Crippen molar-refractivity contribution in [1.29, 1.82) is 0 Å². The Kier molecular flexibility index (Phi) is 4.59. The first kappa shape index (κ1) is 14.1. The maximum Gasteiger partial charge on any atom is 0.0503 e. The van der Waals surface area contributed by atoms with Gasteiger partial charge >= 0.3 is 0 Å². The minimum absolute atomic E-state index is 0.0699. The first-order valence-electron chi connectivity index (χ1n) is 6.38. The molecule has 0 heterocycles. The molecule has 0 radical (unpaired) electrons. The van der Waals surface area contributed by atoms with Gasteiger partial charge in [0.2, 0.25) is 0 Å². The maximum absolute atomic E-state index is 6.17. The van der Waals surface area contributed by atoms with Crippen LogP contribution in [-0.2, 0) is 6.42 Å². The summed E-state index contributed by atoms with van der Waals surface area (Å²) in [7, 11) is 0. The molecule has 2 aromatic carbocycles. The second-order valence-corrected chi connectivity index (χ2v) is 5.27. The highest BCUT2D eigenvalue weighted by Crippen LogP contribution is 2.26. The van der Waals surface area contributed by atoms with Gasteiger partial charge in [0.15, 0.2) is 0 Å². The summed E-state index contributed by atoms with van der Waals surface area (Å²) in [5.41, 5.74) is 7.65. The Morgan fingerprint density at radius 1 is 1.16 bits per heavy atom. The number of nitrogens with two attached hydrogens (primary N) is 1. The van der Waals surface area contributed by atoms with Gasteiger partial charge in [0.1, 0.15) is 0 Å². The minimum Gasteiger partial charge on any atom is -0.271 e. The van der Waals surface area contributed by atoms with Crippen molar-refractivity contribution >= 4 is 11.6 Å². The molecule has 0 fully saturated rings. The monoisotopic (exact) mass is 274 g/mol.